The molecule has 0 aliphatic heterocycles. The number of nitrogens with zero attached hydrogens (tertiary/aromatic N) is 3. The number of amides is 1. The lowest BCUT2D eigenvalue weighted by atomic mass is 10.3. The number of alkyl halides is 1. The second kappa shape index (κ2) is 7.53. The number of aromatic nitrogens is 2. The Morgan fingerprint density at radius 1 is 1.56 bits per heavy atom. The van der Waals surface area contributed by atoms with E-state index in [1.807, 2.05) is 13.0 Å². The largest absolute Gasteiger partial charge is 0.383 e. The Balaban J connectivity index is 2.83. The number of carbonyl (C=O) groups excluding carboxylic acids is 1. The molecule has 18 heavy (non-hydrogen) atoms. The molecule has 6 heteroatoms. The average molecular weight is 318 g/mol. The molecule has 1 aromatic heterocycles. The molecule has 0 aliphatic carbocycles. The minimum atomic E-state index is 0.00111. The molecule has 0 fully saturated rings. The minimum absolute atomic E-state index is 0.00111. The summed E-state index contributed by atoms with van der Waals surface area (Å²) >= 11 is 3.36. The van der Waals surface area contributed by atoms with E-state index in [9.17, 15) is 4.79 Å². The zero-order valence-electron chi connectivity index (χ0n) is 11.1. The smallest absolute Gasteiger partial charge is 0.272 e. The molecule has 0 saturated carbocycles. The zero-order valence-corrected chi connectivity index (χ0v) is 12.7. The van der Waals surface area contributed by atoms with Crippen LogP contribution in [0.15, 0.2) is 6.07 Å². The van der Waals surface area contributed by atoms with Gasteiger partial charge in [-0.2, -0.15) is 5.10 Å². The number of carbonyl (C=O) groups is 1. The molecule has 0 aliphatic rings. The van der Waals surface area contributed by atoms with Crippen molar-refractivity contribution >= 4 is 21.8 Å². The van der Waals surface area contributed by atoms with E-state index in [1.165, 1.54) is 0 Å². The summed E-state index contributed by atoms with van der Waals surface area (Å²) in [6, 6.07) is 1.86. The topological polar surface area (TPSA) is 47.4 Å². The number of halogens is 1. The van der Waals surface area contributed by atoms with Crippen molar-refractivity contribution in [2.75, 3.05) is 32.1 Å². The van der Waals surface area contributed by atoms with Crippen LogP contribution in [0, 0.1) is 0 Å². The minimum Gasteiger partial charge on any atom is -0.383 e. The van der Waals surface area contributed by atoms with Crippen LogP contribution in [0.25, 0.3) is 0 Å². The molecule has 0 spiro atoms. The van der Waals surface area contributed by atoms with E-state index < -0.39 is 0 Å². The SMILES string of the molecule is CCc1cc(C(=O)N(CCBr)CCOC)n(C)n1. The van der Waals surface area contributed by atoms with Crippen molar-refractivity contribution in [1.29, 1.82) is 0 Å². The van der Waals surface area contributed by atoms with E-state index in [0.29, 0.717) is 25.4 Å². The van der Waals surface area contributed by atoms with Crippen LogP contribution in [0.5, 0.6) is 0 Å². The van der Waals surface area contributed by atoms with E-state index in [0.717, 1.165) is 17.4 Å². The van der Waals surface area contributed by atoms with Gasteiger partial charge in [0.25, 0.3) is 5.91 Å². The molecule has 1 aromatic rings. The maximum atomic E-state index is 12.4. The van der Waals surface area contributed by atoms with Crippen LogP contribution >= 0.6 is 15.9 Å². The molecule has 0 N–H and O–H groups in total. The molecule has 0 radical (unpaired) electrons. The third-order valence-electron chi connectivity index (χ3n) is 2.72. The number of hydrogen-bond donors (Lipinski definition) is 0. The van der Waals surface area contributed by atoms with E-state index >= 15 is 0 Å². The van der Waals surface area contributed by atoms with Crippen molar-refractivity contribution in [2.24, 2.45) is 7.05 Å². The number of rotatable bonds is 7. The molecule has 102 valence electrons. The maximum Gasteiger partial charge on any atom is 0.272 e. The van der Waals surface area contributed by atoms with Gasteiger partial charge in [0, 0.05) is 32.6 Å². The van der Waals surface area contributed by atoms with Gasteiger partial charge in [0.15, 0.2) is 0 Å². The normalized spacial score (nSPS) is 10.7. The van der Waals surface area contributed by atoms with Crippen LogP contribution in [0.3, 0.4) is 0 Å². The zero-order chi connectivity index (χ0) is 13.5. The van der Waals surface area contributed by atoms with E-state index in [4.69, 9.17) is 4.74 Å². The lowest BCUT2D eigenvalue weighted by molar-refractivity contribution is 0.0698. The number of ether oxygens (including phenoxy) is 1. The number of aryl methyl sites for hydroxylation is 2. The Labute approximate surface area is 116 Å². The molecule has 1 rings (SSSR count). The fourth-order valence-electron chi connectivity index (χ4n) is 1.68. The molecule has 0 unspecified atom stereocenters. The third kappa shape index (κ3) is 3.81. The second-order valence-electron chi connectivity index (χ2n) is 3.97. The fraction of sp³-hybridized carbons (Fsp3) is 0.667. The predicted molar refractivity (Wildman–Crippen MR) is 74.2 cm³/mol. The Hall–Kier alpha value is -0.880. The van der Waals surface area contributed by atoms with E-state index in [2.05, 4.69) is 21.0 Å². The first-order valence-corrected chi connectivity index (χ1v) is 7.13. The summed E-state index contributed by atoms with van der Waals surface area (Å²) in [7, 11) is 3.44. The molecule has 0 atom stereocenters. The highest BCUT2D eigenvalue weighted by molar-refractivity contribution is 9.09. The molecule has 1 amide bonds. The Bertz CT molecular complexity index is 393. The Kier molecular flexibility index (Phi) is 6.35. The molecule has 0 bridgehead atoms. The van der Waals surface area contributed by atoms with Crippen molar-refractivity contribution < 1.29 is 9.53 Å². The molecule has 0 aromatic carbocycles. The van der Waals surface area contributed by atoms with Crippen LogP contribution in [-0.4, -0.2) is 52.7 Å². The van der Waals surface area contributed by atoms with Crippen molar-refractivity contribution in [1.82, 2.24) is 14.7 Å². The summed E-state index contributed by atoms with van der Waals surface area (Å²) in [4.78, 5) is 14.2. The van der Waals surface area contributed by atoms with Crippen LogP contribution in [0.1, 0.15) is 23.1 Å². The highest BCUT2D eigenvalue weighted by Crippen LogP contribution is 2.08. The predicted octanol–water partition coefficient (Wildman–Crippen LogP) is 1.47. The lowest BCUT2D eigenvalue weighted by Gasteiger charge is -2.21. The summed E-state index contributed by atoms with van der Waals surface area (Å²) in [6.45, 7) is 3.82. The van der Waals surface area contributed by atoms with Gasteiger partial charge in [-0.05, 0) is 12.5 Å². The summed E-state index contributed by atoms with van der Waals surface area (Å²) in [5.41, 5.74) is 1.57. The summed E-state index contributed by atoms with van der Waals surface area (Å²) in [5.74, 6) is 0.00111. The van der Waals surface area contributed by atoms with Crippen LogP contribution in [0.4, 0.5) is 0 Å². The lowest BCUT2D eigenvalue weighted by Crippen LogP contribution is -2.36. The quantitative estimate of drug-likeness (QED) is 0.715. The second-order valence-corrected chi connectivity index (χ2v) is 4.77. The molecule has 1 heterocycles. The van der Waals surface area contributed by atoms with Gasteiger partial charge in [-0.25, -0.2) is 0 Å². The molecular formula is C12H20BrN3O2. The van der Waals surface area contributed by atoms with Gasteiger partial charge in [0.2, 0.25) is 0 Å². The van der Waals surface area contributed by atoms with Gasteiger partial charge in [0.05, 0.1) is 12.3 Å². The van der Waals surface area contributed by atoms with Gasteiger partial charge < -0.3 is 9.64 Å². The van der Waals surface area contributed by atoms with Crippen molar-refractivity contribution in [2.45, 2.75) is 13.3 Å². The van der Waals surface area contributed by atoms with Gasteiger partial charge in [-0.3, -0.25) is 9.48 Å². The third-order valence-corrected chi connectivity index (χ3v) is 3.07. The van der Waals surface area contributed by atoms with Gasteiger partial charge in [-0.1, -0.05) is 22.9 Å². The van der Waals surface area contributed by atoms with Crippen molar-refractivity contribution in [3.63, 3.8) is 0 Å². The van der Waals surface area contributed by atoms with Crippen molar-refractivity contribution in [3.8, 4) is 0 Å². The average Bonchev–Trinajstić information content (AvgIpc) is 2.75. The van der Waals surface area contributed by atoms with Gasteiger partial charge >= 0.3 is 0 Å². The van der Waals surface area contributed by atoms with Crippen LogP contribution < -0.4 is 0 Å². The summed E-state index contributed by atoms with van der Waals surface area (Å²) in [6.07, 6.45) is 0.831. The number of hydrogen-bond acceptors (Lipinski definition) is 3. The van der Waals surface area contributed by atoms with Crippen molar-refractivity contribution in [3.05, 3.63) is 17.5 Å². The molecule has 5 nitrogen and oxygen atoms in total. The first-order chi connectivity index (χ1) is 8.63. The van der Waals surface area contributed by atoms with E-state index in [-0.39, 0.29) is 5.91 Å². The fourth-order valence-corrected chi connectivity index (χ4v) is 2.11. The maximum absolute atomic E-state index is 12.4. The summed E-state index contributed by atoms with van der Waals surface area (Å²) < 4.78 is 6.68. The highest BCUT2D eigenvalue weighted by atomic mass is 79.9. The van der Waals surface area contributed by atoms with Gasteiger partial charge in [-0.15, -0.1) is 0 Å². The Morgan fingerprint density at radius 3 is 2.78 bits per heavy atom. The van der Waals surface area contributed by atoms with Gasteiger partial charge in [0.1, 0.15) is 5.69 Å². The molecular weight excluding hydrogens is 298 g/mol. The molecule has 0 saturated heterocycles. The first-order valence-electron chi connectivity index (χ1n) is 6.01. The van der Waals surface area contributed by atoms with Crippen LogP contribution in [-0.2, 0) is 18.2 Å². The Morgan fingerprint density at radius 2 is 2.28 bits per heavy atom. The first kappa shape index (κ1) is 15.2. The van der Waals surface area contributed by atoms with E-state index in [1.54, 1.807) is 23.7 Å². The number of methoxy groups -OCH3 is 1. The monoisotopic (exact) mass is 317 g/mol. The summed E-state index contributed by atoms with van der Waals surface area (Å²) in [5, 5.41) is 5.05. The standard InChI is InChI=1S/C12H20BrN3O2/c1-4-10-9-11(15(2)14-10)12(17)16(6-5-13)7-8-18-3/h9H,4-8H2,1-3H3. The van der Waals surface area contributed by atoms with Crippen LogP contribution in [0.2, 0.25) is 0 Å². The highest BCUT2D eigenvalue weighted by Gasteiger charge is 2.19.